The van der Waals surface area contributed by atoms with Crippen molar-refractivity contribution in [3.8, 4) is 0 Å². The van der Waals surface area contributed by atoms with Gasteiger partial charge in [-0.05, 0) is 43.4 Å². The zero-order valence-corrected chi connectivity index (χ0v) is 12.4. The Bertz CT molecular complexity index is 467. The van der Waals surface area contributed by atoms with Gasteiger partial charge in [-0.25, -0.2) is 4.79 Å². The maximum atomic E-state index is 11.8. The average Bonchev–Trinajstić information content (AvgIpc) is 2.97. The zero-order valence-electron chi connectivity index (χ0n) is 11.6. The molecule has 0 aliphatic heterocycles. The first-order valence-corrected chi connectivity index (χ1v) is 8.02. The summed E-state index contributed by atoms with van der Waals surface area (Å²) < 4.78 is 5.02. The molecular formula is C15H19NO3S. The van der Waals surface area contributed by atoms with E-state index in [1.54, 1.807) is 23.9 Å². The largest absolute Gasteiger partial charge is 0.452 e. The van der Waals surface area contributed by atoms with Crippen molar-refractivity contribution < 1.29 is 14.3 Å². The average molecular weight is 293 g/mol. The minimum Gasteiger partial charge on any atom is -0.452 e. The fourth-order valence-corrected chi connectivity index (χ4v) is 2.69. The van der Waals surface area contributed by atoms with Gasteiger partial charge in [0.05, 0.1) is 5.56 Å². The van der Waals surface area contributed by atoms with Gasteiger partial charge in [-0.1, -0.05) is 12.8 Å². The molecule has 0 spiro atoms. The first kappa shape index (κ1) is 14.9. The lowest BCUT2D eigenvalue weighted by Gasteiger charge is -2.11. The summed E-state index contributed by atoms with van der Waals surface area (Å²) in [5, 5.41) is 2.88. The van der Waals surface area contributed by atoms with Crippen molar-refractivity contribution in [2.75, 3.05) is 12.9 Å². The monoisotopic (exact) mass is 293 g/mol. The fourth-order valence-electron chi connectivity index (χ4n) is 2.28. The number of hydrogen-bond donors (Lipinski definition) is 1. The first-order chi connectivity index (χ1) is 9.69. The van der Waals surface area contributed by atoms with Crippen molar-refractivity contribution in [2.24, 2.45) is 0 Å². The van der Waals surface area contributed by atoms with Crippen LogP contribution >= 0.6 is 11.8 Å². The third-order valence-corrected chi connectivity index (χ3v) is 4.12. The minimum atomic E-state index is -0.459. The first-order valence-electron chi connectivity index (χ1n) is 6.79. The van der Waals surface area contributed by atoms with Gasteiger partial charge in [-0.3, -0.25) is 4.79 Å². The highest BCUT2D eigenvalue weighted by Gasteiger charge is 2.18. The summed E-state index contributed by atoms with van der Waals surface area (Å²) in [5.41, 5.74) is 0.469. The lowest BCUT2D eigenvalue weighted by molar-refractivity contribution is -0.124. The van der Waals surface area contributed by atoms with Gasteiger partial charge in [0, 0.05) is 10.9 Å². The second-order valence-corrected chi connectivity index (χ2v) is 5.73. The summed E-state index contributed by atoms with van der Waals surface area (Å²) >= 11 is 1.61. The van der Waals surface area contributed by atoms with Gasteiger partial charge in [-0.15, -0.1) is 11.8 Å². The molecule has 2 rings (SSSR count). The molecule has 0 saturated heterocycles. The Morgan fingerprint density at radius 1 is 1.25 bits per heavy atom. The van der Waals surface area contributed by atoms with E-state index in [1.165, 1.54) is 0 Å². The van der Waals surface area contributed by atoms with Crippen molar-refractivity contribution in [3.05, 3.63) is 29.8 Å². The molecule has 0 radical (unpaired) electrons. The van der Waals surface area contributed by atoms with Crippen molar-refractivity contribution in [2.45, 2.75) is 36.6 Å². The van der Waals surface area contributed by atoms with Gasteiger partial charge in [0.2, 0.25) is 0 Å². The Morgan fingerprint density at radius 2 is 1.90 bits per heavy atom. The van der Waals surface area contributed by atoms with Crippen LogP contribution in [0.5, 0.6) is 0 Å². The molecule has 1 N–H and O–H groups in total. The van der Waals surface area contributed by atoms with E-state index < -0.39 is 5.97 Å². The number of nitrogens with one attached hydrogen (secondary N) is 1. The topological polar surface area (TPSA) is 55.4 Å². The molecular weight excluding hydrogens is 274 g/mol. The predicted octanol–water partition coefficient (Wildman–Crippen LogP) is 2.62. The Hall–Kier alpha value is -1.49. The van der Waals surface area contributed by atoms with E-state index in [9.17, 15) is 9.59 Å². The van der Waals surface area contributed by atoms with Crippen molar-refractivity contribution >= 4 is 23.6 Å². The van der Waals surface area contributed by atoms with Crippen LogP contribution in [0.2, 0.25) is 0 Å². The fraction of sp³-hybridized carbons (Fsp3) is 0.467. The summed E-state index contributed by atoms with van der Waals surface area (Å²) in [6.07, 6.45) is 6.34. The molecule has 20 heavy (non-hydrogen) atoms. The SMILES string of the molecule is CSc1ccc(C(=O)OCC(=O)NC2CCCC2)cc1. The minimum absolute atomic E-state index is 0.209. The van der Waals surface area contributed by atoms with E-state index in [2.05, 4.69) is 5.32 Å². The van der Waals surface area contributed by atoms with Crippen LogP contribution < -0.4 is 5.32 Å². The normalized spacial score (nSPS) is 15.1. The lowest BCUT2D eigenvalue weighted by atomic mass is 10.2. The van der Waals surface area contributed by atoms with Gasteiger partial charge < -0.3 is 10.1 Å². The molecule has 0 atom stereocenters. The number of rotatable bonds is 5. The highest BCUT2D eigenvalue weighted by atomic mass is 32.2. The van der Waals surface area contributed by atoms with Crippen LogP contribution in [0.4, 0.5) is 0 Å². The predicted molar refractivity (Wildman–Crippen MR) is 78.9 cm³/mol. The molecule has 1 aromatic rings. The molecule has 4 nitrogen and oxygen atoms in total. The molecule has 0 aromatic heterocycles. The molecule has 1 fully saturated rings. The second kappa shape index (κ2) is 7.33. The van der Waals surface area contributed by atoms with Crippen LogP contribution in [0.3, 0.4) is 0 Å². The standard InChI is InChI=1S/C15H19NO3S/c1-20-13-8-6-11(7-9-13)15(18)19-10-14(17)16-12-4-2-3-5-12/h6-9,12H,2-5,10H2,1H3,(H,16,17). The number of carbonyl (C=O) groups excluding carboxylic acids is 2. The summed E-state index contributed by atoms with van der Waals surface area (Å²) in [6.45, 7) is -0.209. The molecule has 5 heteroatoms. The quantitative estimate of drug-likeness (QED) is 0.670. The summed E-state index contributed by atoms with van der Waals surface area (Å²) in [6, 6.07) is 7.40. The maximum Gasteiger partial charge on any atom is 0.338 e. The zero-order chi connectivity index (χ0) is 14.4. The second-order valence-electron chi connectivity index (χ2n) is 4.85. The number of esters is 1. The third kappa shape index (κ3) is 4.27. The van der Waals surface area contributed by atoms with Crippen LogP contribution in [-0.4, -0.2) is 30.8 Å². The van der Waals surface area contributed by atoms with Crippen molar-refractivity contribution in [1.82, 2.24) is 5.32 Å². The molecule has 0 heterocycles. The Labute approximate surface area is 123 Å². The van der Waals surface area contributed by atoms with Gasteiger partial charge in [0.15, 0.2) is 6.61 Å². The Balaban J connectivity index is 1.77. The summed E-state index contributed by atoms with van der Waals surface area (Å²) in [5.74, 6) is -0.676. The number of carbonyl (C=O) groups is 2. The summed E-state index contributed by atoms with van der Waals surface area (Å²) in [4.78, 5) is 24.5. The van der Waals surface area contributed by atoms with Gasteiger partial charge in [-0.2, -0.15) is 0 Å². The number of ether oxygens (including phenoxy) is 1. The van der Waals surface area contributed by atoms with Crippen LogP contribution in [0.25, 0.3) is 0 Å². The van der Waals surface area contributed by atoms with E-state index in [0.717, 1.165) is 30.6 Å². The van der Waals surface area contributed by atoms with E-state index in [1.807, 2.05) is 18.4 Å². The number of benzene rings is 1. The van der Waals surface area contributed by atoms with Gasteiger partial charge in [0.1, 0.15) is 0 Å². The molecule has 108 valence electrons. The van der Waals surface area contributed by atoms with Crippen LogP contribution in [0, 0.1) is 0 Å². The summed E-state index contributed by atoms with van der Waals surface area (Å²) in [7, 11) is 0. The molecule has 0 unspecified atom stereocenters. The molecule has 1 aliphatic carbocycles. The number of thioether (sulfide) groups is 1. The number of hydrogen-bond acceptors (Lipinski definition) is 4. The molecule has 1 aliphatic rings. The highest BCUT2D eigenvalue weighted by Crippen LogP contribution is 2.17. The Kier molecular flexibility index (Phi) is 5.47. The van der Waals surface area contributed by atoms with E-state index >= 15 is 0 Å². The van der Waals surface area contributed by atoms with E-state index in [0.29, 0.717) is 5.56 Å². The van der Waals surface area contributed by atoms with Crippen LogP contribution in [-0.2, 0) is 9.53 Å². The lowest BCUT2D eigenvalue weighted by Crippen LogP contribution is -2.35. The Morgan fingerprint density at radius 3 is 2.50 bits per heavy atom. The third-order valence-electron chi connectivity index (χ3n) is 3.38. The van der Waals surface area contributed by atoms with Crippen molar-refractivity contribution in [3.63, 3.8) is 0 Å². The van der Waals surface area contributed by atoms with E-state index in [-0.39, 0.29) is 18.6 Å². The molecule has 1 amide bonds. The van der Waals surface area contributed by atoms with E-state index in [4.69, 9.17) is 4.74 Å². The smallest absolute Gasteiger partial charge is 0.338 e. The molecule has 1 saturated carbocycles. The van der Waals surface area contributed by atoms with Crippen LogP contribution in [0.1, 0.15) is 36.0 Å². The van der Waals surface area contributed by atoms with Gasteiger partial charge >= 0.3 is 5.97 Å². The highest BCUT2D eigenvalue weighted by molar-refractivity contribution is 7.98. The van der Waals surface area contributed by atoms with Gasteiger partial charge in [0.25, 0.3) is 5.91 Å². The van der Waals surface area contributed by atoms with Crippen molar-refractivity contribution in [1.29, 1.82) is 0 Å². The number of amides is 1. The molecule has 0 bridgehead atoms. The maximum absolute atomic E-state index is 11.8. The molecule has 1 aromatic carbocycles. The van der Waals surface area contributed by atoms with Crippen LogP contribution in [0.15, 0.2) is 29.2 Å².